The Balaban J connectivity index is 1.80. The maximum Gasteiger partial charge on any atom is 0.430 e. The van der Waals surface area contributed by atoms with Crippen molar-refractivity contribution < 1.29 is 57.5 Å². The average Bonchev–Trinajstić information content (AvgIpc) is 2.91. The second kappa shape index (κ2) is 11.9. The van der Waals surface area contributed by atoms with E-state index >= 15 is 0 Å². The molecule has 4 rings (SSSR count). The van der Waals surface area contributed by atoms with Crippen molar-refractivity contribution in [3.05, 3.63) is 101 Å². The van der Waals surface area contributed by atoms with Crippen LogP contribution in [0.2, 0.25) is 0 Å². The lowest BCUT2D eigenvalue weighted by atomic mass is 9.74. The number of nitrogens with one attached hydrogen (secondary N) is 1. The molecule has 1 fully saturated rings. The zero-order chi connectivity index (χ0) is 33.6. The number of halogens is 9. The van der Waals surface area contributed by atoms with Crippen LogP contribution in [-0.4, -0.2) is 51.8 Å². The number of hydrogen-bond donors (Lipinski definition) is 1. The first-order valence-electron chi connectivity index (χ1n) is 13.1. The monoisotopic (exact) mass is 668 g/mol. The molecule has 0 aliphatic heterocycles. The van der Waals surface area contributed by atoms with E-state index in [1.165, 1.54) is 19.0 Å². The smallest absolute Gasteiger partial charge is 0.349 e. The molecule has 1 N–H and O–H groups in total. The van der Waals surface area contributed by atoms with E-state index in [1.54, 1.807) is 0 Å². The molecule has 16 heteroatoms. The van der Waals surface area contributed by atoms with E-state index in [-0.39, 0.29) is 23.3 Å². The molecule has 0 heterocycles. The van der Waals surface area contributed by atoms with Crippen LogP contribution in [0.15, 0.2) is 71.6 Å². The molecule has 244 valence electrons. The van der Waals surface area contributed by atoms with Crippen LogP contribution in [0, 0.1) is 17.5 Å². The van der Waals surface area contributed by atoms with Gasteiger partial charge in [-0.15, -0.1) is 0 Å². The average molecular weight is 669 g/mol. The number of hydrogen-bond acceptors (Lipinski definition) is 4. The van der Waals surface area contributed by atoms with E-state index in [1.807, 2.05) is 0 Å². The predicted molar refractivity (Wildman–Crippen MR) is 142 cm³/mol. The SMILES string of the molecule is CN(C)C(=O)NC1CC(c2ccc(C(OCc3c(F)cccc3F)(C(F)(F)F)C(F)(F)F)cc2)(S(=O)(=O)c2ccc(F)cc2)C1. The summed E-state index contributed by atoms with van der Waals surface area (Å²) in [5, 5.41) is 2.57. The third kappa shape index (κ3) is 5.96. The molecule has 0 unspecified atom stereocenters. The lowest BCUT2D eigenvalue weighted by molar-refractivity contribution is -0.392. The van der Waals surface area contributed by atoms with Gasteiger partial charge < -0.3 is 15.0 Å². The van der Waals surface area contributed by atoms with Crippen LogP contribution in [0.5, 0.6) is 0 Å². The summed E-state index contributed by atoms with van der Waals surface area (Å²) in [7, 11) is -1.63. The highest BCUT2D eigenvalue weighted by molar-refractivity contribution is 7.92. The minimum absolute atomic E-state index is 0.218. The molecule has 0 aromatic heterocycles. The maximum absolute atomic E-state index is 14.4. The van der Waals surface area contributed by atoms with E-state index in [2.05, 4.69) is 10.1 Å². The quantitative estimate of drug-likeness (QED) is 0.213. The molecule has 3 aromatic carbocycles. The summed E-state index contributed by atoms with van der Waals surface area (Å²) in [5.41, 5.74) is -7.99. The largest absolute Gasteiger partial charge is 0.430 e. The van der Waals surface area contributed by atoms with Crippen LogP contribution in [0.4, 0.5) is 44.3 Å². The van der Waals surface area contributed by atoms with Gasteiger partial charge >= 0.3 is 18.4 Å². The molecule has 45 heavy (non-hydrogen) atoms. The lowest BCUT2D eigenvalue weighted by Gasteiger charge is -2.47. The Morgan fingerprint density at radius 3 is 1.84 bits per heavy atom. The fourth-order valence-corrected chi connectivity index (χ4v) is 7.42. The van der Waals surface area contributed by atoms with Crippen LogP contribution >= 0.6 is 0 Å². The van der Waals surface area contributed by atoms with Crippen molar-refractivity contribution in [3.63, 3.8) is 0 Å². The summed E-state index contributed by atoms with van der Waals surface area (Å²) in [4.78, 5) is 12.9. The van der Waals surface area contributed by atoms with Gasteiger partial charge in [0.15, 0.2) is 9.84 Å². The van der Waals surface area contributed by atoms with Crippen molar-refractivity contribution in [1.82, 2.24) is 10.2 Å². The minimum atomic E-state index is -6.20. The number of benzene rings is 3. The number of ether oxygens (including phenoxy) is 1. The Morgan fingerprint density at radius 2 is 1.38 bits per heavy atom. The van der Waals surface area contributed by atoms with Gasteiger partial charge in [0, 0.05) is 31.3 Å². The molecule has 6 nitrogen and oxygen atoms in total. The topological polar surface area (TPSA) is 75.7 Å². The van der Waals surface area contributed by atoms with Gasteiger partial charge in [-0.1, -0.05) is 30.3 Å². The fourth-order valence-electron chi connectivity index (χ4n) is 5.19. The number of alkyl halides is 6. The fraction of sp³-hybridized carbons (Fsp3) is 0.345. The molecule has 1 aliphatic rings. The van der Waals surface area contributed by atoms with E-state index in [9.17, 15) is 52.7 Å². The highest BCUT2D eigenvalue weighted by atomic mass is 32.2. The summed E-state index contributed by atoms with van der Waals surface area (Å²) in [5.74, 6) is -3.63. The van der Waals surface area contributed by atoms with Gasteiger partial charge in [0.2, 0.25) is 0 Å². The zero-order valence-corrected chi connectivity index (χ0v) is 24.3. The lowest BCUT2D eigenvalue weighted by Crippen LogP contribution is -2.58. The Hall–Kier alpha value is -3.79. The van der Waals surface area contributed by atoms with E-state index in [0.717, 1.165) is 42.5 Å². The van der Waals surface area contributed by atoms with Gasteiger partial charge in [0.1, 0.15) is 22.2 Å². The number of carbonyl (C=O) groups is 1. The minimum Gasteiger partial charge on any atom is -0.349 e. The van der Waals surface area contributed by atoms with Crippen molar-refractivity contribution in [1.29, 1.82) is 0 Å². The molecule has 0 saturated heterocycles. The molecule has 0 atom stereocenters. The van der Waals surface area contributed by atoms with E-state index < -0.39 is 79.8 Å². The first-order valence-corrected chi connectivity index (χ1v) is 14.5. The van der Waals surface area contributed by atoms with Gasteiger partial charge in [-0.05, 0) is 54.8 Å². The number of carbonyl (C=O) groups excluding carboxylic acids is 1. The molecule has 2 amide bonds. The van der Waals surface area contributed by atoms with Crippen molar-refractivity contribution in [3.8, 4) is 0 Å². The van der Waals surface area contributed by atoms with Gasteiger partial charge in [0.25, 0.3) is 5.60 Å². The number of rotatable bonds is 8. The normalized spacial score (nSPS) is 19.1. The number of sulfone groups is 1. The number of nitrogens with zero attached hydrogens (tertiary/aromatic N) is 1. The van der Waals surface area contributed by atoms with Crippen LogP contribution < -0.4 is 5.32 Å². The summed E-state index contributed by atoms with van der Waals surface area (Å²) in [6.07, 6.45) is -13.1. The first-order chi connectivity index (χ1) is 20.8. The molecule has 3 aromatic rings. The second-order valence-corrected chi connectivity index (χ2v) is 12.9. The third-order valence-electron chi connectivity index (χ3n) is 7.64. The Bertz CT molecular complexity index is 1620. The van der Waals surface area contributed by atoms with Crippen molar-refractivity contribution in [2.45, 2.75) is 53.1 Å². The van der Waals surface area contributed by atoms with E-state index in [0.29, 0.717) is 24.3 Å². The van der Waals surface area contributed by atoms with Gasteiger partial charge in [-0.3, -0.25) is 0 Å². The van der Waals surface area contributed by atoms with Crippen LogP contribution in [0.25, 0.3) is 0 Å². The van der Waals surface area contributed by atoms with Crippen molar-refractivity contribution in [2.24, 2.45) is 0 Å². The van der Waals surface area contributed by atoms with Crippen LogP contribution in [-0.2, 0) is 31.5 Å². The molecular formula is C29H25F9N2O4S. The molecule has 1 saturated carbocycles. The Kier molecular flexibility index (Phi) is 8.98. The number of amides is 2. The summed E-state index contributed by atoms with van der Waals surface area (Å²) < 4.78 is 158. The molecular weight excluding hydrogens is 643 g/mol. The van der Waals surface area contributed by atoms with Crippen molar-refractivity contribution >= 4 is 15.9 Å². The molecule has 0 radical (unpaired) electrons. The summed E-state index contributed by atoms with van der Waals surface area (Å²) >= 11 is 0. The summed E-state index contributed by atoms with van der Waals surface area (Å²) in [6.45, 7) is -1.75. The van der Waals surface area contributed by atoms with E-state index in [4.69, 9.17) is 0 Å². The predicted octanol–water partition coefficient (Wildman–Crippen LogP) is 6.74. The highest BCUT2D eigenvalue weighted by Gasteiger charge is 2.73. The Labute approximate surface area is 251 Å². The molecule has 0 bridgehead atoms. The van der Waals surface area contributed by atoms with Gasteiger partial charge in [-0.25, -0.2) is 26.4 Å². The zero-order valence-electron chi connectivity index (χ0n) is 23.4. The van der Waals surface area contributed by atoms with Gasteiger partial charge in [-0.2, -0.15) is 26.3 Å². The van der Waals surface area contributed by atoms with Crippen molar-refractivity contribution in [2.75, 3.05) is 14.1 Å². The molecule has 0 spiro atoms. The second-order valence-electron chi connectivity index (χ2n) is 10.6. The Morgan fingerprint density at radius 1 is 0.867 bits per heavy atom. The maximum atomic E-state index is 14.4. The highest BCUT2D eigenvalue weighted by Crippen LogP contribution is 2.55. The van der Waals surface area contributed by atoms with Crippen LogP contribution in [0.3, 0.4) is 0 Å². The molecule has 1 aliphatic carbocycles. The first kappa shape index (κ1) is 34.1. The van der Waals surface area contributed by atoms with Crippen LogP contribution in [0.1, 0.15) is 29.5 Å². The van der Waals surface area contributed by atoms with Gasteiger partial charge in [0.05, 0.1) is 11.5 Å². The third-order valence-corrected chi connectivity index (χ3v) is 10.1. The number of urea groups is 1. The standard InChI is InChI=1S/C29H25F9N2O4S/c1-40(2)25(41)39-20-14-26(15-20,45(42,43)21-12-10-19(30)11-13-21)17-6-8-18(9-7-17)27(28(33,34)35,29(36,37)38)44-16-22-23(31)4-3-5-24(22)32/h3-13,20H,14-16H2,1-2H3,(H,39,41). The summed E-state index contributed by atoms with van der Waals surface area (Å²) in [6, 6.07) is 6.70.